The molecule has 1 aromatic carbocycles. The van der Waals surface area contributed by atoms with Crippen LogP contribution in [-0.4, -0.2) is 56.9 Å². The number of urea groups is 1. The van der Waals surface area contributed by atoms with Crippen molar-refractivity contribution in [3.8, 4) is 0 Å². The number of rotatable bonds is 2. The predicted molar refractivity (Wildman–Crippen MR) is 99.5 cm³/mol. The van der Waals surface area contributed by atoms with Crippen LogP contribution in [0.25, 0.3) is 5.65 Å². The Morgan fingerprint density at radius 2 is 1.77 bits per heavy atom. The van der Waals surface area contributed by atoms with Crippen LogP contribution in [0.5, 0.6) is 0 Å². The fourth-order valence-electron chi connectivity index (χ4n) is 3.07. The van der Waals surface area contributed by atoms with E-state index in [-0.39, 0.29) is 6.03 Å². The van der Waals surface area contributed by atoms with E-state index in [2.05, 4.69) is 25.5 Å². The zero-order valence-electron chi connectivity index (χ0n) is 14.9. The Bertz CT molecular complexity index is 926. The number of fused-ring (bicyclic) bond motifs is 1. The Labute approximate surface area is 151 Å². The molecule has 8 nitrogen and oxygen atoms in total. The summed E-state index contributed by atoms with van der Waals surface area (Å²) in [4.78, 5) is 16.5. The second kappa shape index (κ2) is 6.62. The van der Waals surface area contributed by atoms with Gasteiger partial charge in [-0.1, -0.05) is 17.7 Å². The summed E-state index contributed by atoms with van der Waals surface area (Å²) >= 11 is 0. The highest BCUT2D eigenvalue weighted by atomic mass is 16.2. The Balaban J connectivity index is 1.38. The number of nitrogens with zero attached hydrogens (tertiary/aromatic N) is 6. The first-order chi connectivity index (χ1) is 12.6. The van der Waals surface area contributed by atoms with Crippen LogP contribution in [0.15, 0.2) is 36.5 Å². The second-order valence-corrected chi connectivity index (χ2v) is 6.50. The highest BCUT2D eigenvalue weighted by molar-refractivity contribution is 5.89. The van der Waals surface area contributed by atoms with E-state index < -0.39 is 0 Å². The number of benzene rings is 1. The van der Waals surface area contributed by atoms with E-state index in [1.165, 1.54) is 5.56 Å². The number of piperazine rings is 1. The molecule has 1 N–H and O–H groups in total. The number of anilines is 2. The van der Waals surface area contributed by atoms with E-state index in [9.17, 15) is 4.79 Å². The van der Waals surface area contributed by atoms with Gasteiger partial charge in [-0.3, -0.25) is 0 Å². The number of hydrogen-bond donors (Lipinski definition) is 1. The van der Waals surface area contributed by atoms with Gasteiger partial charge in [0.25, 0.3) is 0 Å². The lowest BCUT2D eigenvalue weighted by atomic mass is 10.2. The molecular weight excluding hydrogens is 330 g/mol. The van der Waals surface area contributed by atoms with Crippen molar-refractivity contribution in [3.63, 3.8) is 0 Å². The third-order valence-corrected chi connectivity index (χ3v) is 4.64. The van der Waals surface area contributed by atoms with Crippen LogP contribution in [0, 0.1) is 13.8 Å². The number of carbonyl (C=O) groups excluding carboxylic acids is 1. The molecule has 0 unspecified atom stereocenters. The summed E-state index contributed by atoms with van der Waals surface area (Å²) < 4.78 is 1.72. The highest BCUT2D eigenvalue weighted by Gasteiger charge is 2.22. The molecule has 0 atom stereocenters. The maximum absolute atomic E-state index is 12.4. The molecule has 2 amide bonds. The average Bonchev–Trinajstić information content (AvgIpc) is 3.04. The lowest BCUT2D eigenvalue weighted by molar-refractivity contribution is 0.208. The summed E-state index contributed by atoms with van der Waals surface area (Å²) in [5.41, 5.74) is 3.73. The van der Waals surface area contributed by atoms with Crippen LogP contribution in [0.1, 0.15) is 11.4 Å². The van der Waals surface area contributed by atoms with Crippen molar-refractivity contribution in [1.82, 2.24) is 24.7 Å². The molecule has 134 valence electrons. The Hall–Kier alpha value is -3.16. The van der Waals surface area contributed by atoms with Crippen molar-refractivity contribution in [2.24, 2.45) is 0 Å². The Kier molecular flexibility index (Phi) is 4.16. The minimum atomic E-state index is -0.0600. The molecule has 2 aromatic heterocycles. The maximum Gasteiger partial charge on any atom is 0.321 e. The van der Waals surface area contributed by atoms with E-state index in [4.69, 9.17) is 0 Å². The van der Waals surface area contributed by atoms with Crippen LogP contribution in [0.3, 0.4) is 0 Å². The van der Waals surface area contributed by atoms with Crippen LogP contribution in [0.4, 0.5) is 16.2 Å². The number of aryl methyl sites for hydroxylation is 2. The minimum absolute atomic E-state index is 0.0600. The summed E-state index contributed by atoms with van der Waals surface area (Å²) in [6.07, 6.45) is 1.82. The highest BCUT2D eigenvalue weighted by Crippen LogP contribution is 2.18. The Morgan fingerprint density at radius 3 is 2.50 bits per heavy atom. The van der Waals surface area contributed by atoms with Crippen LogP contribution in [-0.2, 0) is 0 Å². The Morgan fingerprint density at radius 1 is 1.04 bits per heavy atom. The van der Waals surface area contributed by atoms with E-state index >= 15 is 0 Å². The molecule has 0 radical (unpaired) electrons. The maximum atomic E-state index is 12.4. The van der Waals surface area contributed by atoms with Gasteiger partial charge in [0.1, 0.15) is 0 Å². The van der Waals surface area contributed by atoms with Gasteiger partial charge in [0.05, 0.1) is 11.9 Å². The van der Waals surface area contributed by atoms with Gasteiger partial charge in [-0.25, -0.2) is 4.79 Å². The summed E-state index contributed by atoms with van der Waals surface area (Å²) in [5.74, 6) is 0.768. The molecule has 26 heavy (non-hydrogen) atoms. The van der Waals surface area contributed by atoms with E-state index in [1.807, 2.05) is 55.3 Å². The lowest BCUT2D eigenvalue weighted by Gasteiger charge is -2.35. The van der Waals surface area contributed by atoms with Gasteiger partial charge < -0.3 is 15.1 Å². The molecule has 0 spiro atoms. The molecule has 1 aliphatic rings. The van der Waals surface area contributed by atoms with Gasteiger partial charge in [0.15, 0.2) is 11.5 Å². The first-order valence-electron chi connectivity index (χ1n) is 8.66. The largest absolute Gasteiger partial charge is 0.367 e. The number of hydrogen-bond acceptors (Lipinski definition) is 5. The SMILES string of the molecule is Cc1ccc(NC(=O)N2CCN(c3cnn4c(C)nnc4c3)CC2)cc1. The van der Waals surface area contributed by atoms with Crippen molar-refractivity contribution in [1.29, 1.82) is 0 Å². The van der Waals surface area contributed by atoms with Crippen molar-refractivity contribution < 1.29 is 4.79 Å². The molecule has 1 aliphatic heterocycles. The average molecular weight is 351 g/mol. The van der Waals surface area contributed by atoms with Crippen molar-refractivity contribution in [2.45, 2.75) is 13.8 Å². The van der Waals surface area contributed by atoms with Gasteiger partial charge >= 0.3 is 6.03 Å². The molecule has 3 aromatic rings. The van der Waals surface area contributed by atoms with Crippen LogP contribution >= 0.6 is 0 Å². The number of nitrogens with one attached hydrogen (secondary N) is 1. The van der Waals surface area contributed by atoms with Crippen molar-refractivity contribution in [2.75, 3.05) is 36.4 Å². The van der Waals surface area contributed by atoms with Gasteiger partial charge in [0, 0.05) is 37.9 Å². The van der Waals surface area contributed by atoms with Gasteiger partial charge in [-0.05, 0) is 26.0 Å². The van der Waals surface area contributed by atoms with Gasteiger partial charge in [-0.15, -0.1) is 10.2 Å². The molecule has 4 rings (SSSR count). The topological polar surface area (TPSA) is 78.7 Å². The molecule has 8 heteroatoms. The third kappa shape index (κ3) is 3.17. The lowest BCUT2D eigenvalue weighted by Crippen LogP contribution is -2.50. The summed E-state index contributed by atoms with van der Waals surface area (Å²) in [7, 11) is 0. The fourth-order valence-corrected chi connectivity index (χ4v) is 3.07. The van der Waals surface area contributed by atoms with Crippen molar-refractivity contribution >= 4 is 23.1 Å². The molecule has 0 saturated carbocycles. The number of aromatic nitrogens is 4. The standard InChI is InChI=1S/C18H21N7O/c1-13-3-5-15(6-4-13)20-18(26)24-9-7-23(8-10-24)16-11-17-22-21-14(2)25(17)19-12-16/h3-6,11-12H,7-10H2,1-2H3,(H,20,26). The number of amides is 2. The van der Waals surface area contributed by atoms with Gasteiger partial charge in [0.2, 0.25) is 0 Å². The molecule has 0 aliphatic carbocycles. The molecule has 0 bridgehead atoms. The van der Waals surface area contributed by atoms with E-state index in [0.717, 1.165) is 35.9 Å². The first-order valence-corrected chi connectivity index (χ1v) is 8.66. The molecule has 3 heterocycles. The zero-order valence-corrected chi connectivity index (χ0v) is 14.9. The fraction of sp³-hybridized carbons (Fsp3) is 0.333. The summed E-state index contributed by atoms with van der Waals surface area (Å²) in [6, 6.07) is 9.74. The summed E-state index contributed by atoms with van der Waals surface area (Å²) in [5, 5.41) is 15.5. The molecular formula is C18H21N7O. The van der Waals surface area contributed by atoms with Gasteiger partial charge in [-0.2, -0.15) is 9.61 Å². The van der Waals surface area contributed by atoms with Crippen LogP contribution < -0.4 is 10.2 Å². The molecule has 1 fully saturated rings. The smallest absolute Gasteiger partial charge is 0.321 e. The monoisotopic (exact) mass is 351 g/mol. The van der Waals surface area contributed by atoms with Crippen LogP contribution in [0.2, 0.25) is 0 Å². The normalized spacial score (nSPS) is 14.7. The zero-order chi connectivity index (χ0) is 18.1. The second-order valence-electron chi connectivity index (χ2n) is 6.50. The quantitative estimate of drug-likeness (QED) is 0.765. The first kappa shape index (κ1) is 16.3. The minimum Gasteiger partial charge on any atom is -0.367 e. The summed E-state index contributed by atoms with van der Waals surface area (Å²) in [6.45, 7) is 6.73. The third-order valence-electron chi connectivity index (χ3n) is 4.64. The molecule has 1 saturated heterocycles. The predicted octanol–water partition coefficient (Wildman–Crippen LogP) is 2.10. The van der Waals surface area contributed by atoms with E-state index in [0.29, 0.717) is 13.1 Å². The van der Waals surface area contributed by atoms with E-state index in [1.54, 1.807) is 4.52 Å². The number of carbonyl (C=O) groups is 1. The van der Waals surface area contributed by atoms with Crippen molar-refractivity contribution in [3.05, 3.63) is 47.9 Å².